The number of aliphatic carboxylic acids is 1. The van der Waals surface area contributed by atoms with Crippen molar-refractivity contribution < 1.29 is 28.2 Å². The Labute approximate surface area is 210 Å². The molecule has 1 amide bonds. The number of carbonyl (C=O) groups is 2. The average Bonchev–Trinajstić information content (AvgIpc) is 3.63. The second-order valence-electron chi connectivity index (χ2n) is 8.82. The van der Waals surface area contributed by atoms with E-state index < -0.39 is 35.2 Å². The number of pyridine rings is 1. The minimum absolute atomic E-state index is 0.163. The van der Waals surface area contributed by atoms with E-state index in [9.17, 15) is 23.5 Å². The summed E-state index contributed by atoms with van der Waals surface area (Å²) in [6.07, 6.45) is 1.75. The number of carbonyl (C=O) groups excluding carboxylic acids is 1. The fourth-order valence-electron chi connectivity index (χ4n) is 4.18. The molecule has 0 bridgehead atoms. The van der Waals surface area contributed by atoms with E-state index in [1.807, 2.05) is 30.3 Å². The maximum Gasteiger partial charge on any atom is 0.413 e. The van der Waals surface area contributed by atoms with Gasteiger partial charge in [-0.25, -0.2) is 18.3 Å². The second-order valence-corrected chi connectivity index (χ2v) is 8.82. The van der Waals surface area contributed by atoms with Crippen LogP contribution in [0.4, 0.5) is 19.4 Å². The Bertz CT molecular complexity index is 1470. The molecule has 1 saturated carbocycles. The van der Waals surface area contributed by atoms with Crippen molar-refractivity contribution in [1.82, 2.24) is 14.8 Å². The number of amides is 1. The minimum Gasteiger partial charge on any atom is -0.481 e. The highest BCUT2D eigenvalue weighted by molar-refractivity contribution is 5.85. The van der Waals surface area contributed by atoms with Gasteiger partial charge in [0.25, 0.3) is 0 Å². The monoisotopic (exact) mass is 504 g/mol. The molecule has 10 heteroatoms. The summed E-state index contributed by atoms with van der Waals surface area (Å²) in [7, 11) is 0. The Hall–Kier alpha value is -4.60. The average molecular weight is 504 g/mol. The Morgan fingerprint density at radius 2 is 1.81 bits per heavy atom. The molecule has 1 atom stereocenters. The maximum absolute atomic E-state index is 14.8. The van der Waals surface area contributed by atoms with Crippen LogP contribution in [-0.2, 0) is 14.9 Å². The summed E-state index contributed by atoms with van der Waals surface area (Å²) in [6.45, 7) is 1.70. The number of hydrogen-bond acceptors (Lipinski definition) is 5. The van der Waals surface area contributed by atoms with E-state index in [4.69, 9.17) is 4.74 Å². The van der Waals surface area contributed by atoms with Crippen molar-refractivity contribution in [2.45, 2.75) is 31.3 Å². The fourth-order valence-corrected chi connectivity index (χ4v) is 4.18. The predicted molar refractivity (Wildman–Crippen MR) is 130 cm³/mol. The normalized spacial score (nSPS) is 14.6. The first kappa shape index (κ1) is 24.1. The molecule has 1 unspecified atom stereocenters. The Kier molecular flexibility index (Phi) is 6.16. The van der Waals surface area contributed by atoms with Crippen molar-refractivity contribution in [3.05, 3.63) is 95.8 Å². The Balaban J connectivity index is 1.33. The van der Waals surface area contributed by atoms with Gasteiger partial charge in [0.15, 0.2) is 11.6 Å². The van der Waals surface area contributed by atoms with Gasteiger partial charge in [-0.05, 0) is 43.5 Å². The Morgan fingerprint density at radius 1 is 1.05 bits per heavy atom. The number of ether oxygens (including phenoxy) is 1. The fraction of sp³-hybridized carbons (Fsp3) is 0.185. The van der Waals surface area contributed by atoms with Gasteiger partial charge in [0.2, 0.25) is 0 Å². The molecule has 2 aromatic heterocycles. The summed E-state index contributed by atoms with van der Waals surface area (Å²) in [5, 5.41) is 15.8. The third-order valence-electron chi connectivity index (χ3n) is 6.43. The molecule has 1 aliphatic rings. The molecule has 2 aromatic carbocycles. The number of rotatable bonds is 7. The van der Waals surface area contributed by atoms with Crippen LogP contribution in [0.2, 0.25) is 0 Å². The molecule has 0 radical (unpaired) electrons. The summed E-state index contributed by atoms with van der Waals surface area (Å²) in [5.41, 5.74) is 1.03. The number of nitrogens with one attached hydrogen (secondary N) is 1. The summed E-state index contributed by atoms with van der Waals surface area (Å²) < 4.78 is 35.7. The highest BCUT2D eigenvalue weighted by atomic mass is 19.1. The van der Waals surface area contributed by atoms with Crippen LogP contribution in [0.15, 0.2) is 73.1 Å². The third kappa shape index (κ3) is 4.65. The summed E-state index contributed by atoms with van der Waals surface area (Å²) in [5.74, 6) is -2.62. The van der Waals surface area contributed by atoms with E-state index in [1.54, 1.807) is 25.1 Å². The van der Waals surface area contributed by atoms with Crippen molar-refractivity contribution in [3.8, 4) is 16.9 Å². The smallest absolute Gasteiger partial charge is 0.413 e. The van der Waals surface area contributed by atoms with Crippen LogP contribution in [0.5, 0.6) is 0 Å². The van der Waals surface area contributed by atoms with Crippen LogP contribution >= 0.6 is 0 Å². The maximum atomic E-state index is 14.8. The van der Waals surface area contributed by atoms with Crippen LogP contribution < -0.4 is 5.32 Å². The molecular formula is C27H22F2N4O4. The molecule has 2 N–H and O–H groups in total. The van der Waals surface area contributed by atoms with Gasteiger partial charge >= 0.3 is 12.1 Å². The number of hydrogen-bond donors (Lipinski definition) is 2. The number of anilines is 1. The van der Waals surface area contributed by atoms with Gasteiger partial charge in [-0.15, -0.1) is 0 Å². The van der Waals surface area contributed by atoms with Gasteiger partial charge in [-0.3, -0.25) is 15.1 Å². The molecule has 0 saturated heterocycles. The molecule has 1 fully saturated rings. The number of nitrogens with zero attached hydrogens (tertiary/aromatic N) is 3. The van der Waals surface area contributed by atoms with Crippen LogP contribution in [0.3, 0.4) is 0 Å². The molecule has 0 spiro atoms. The number of aromatic nitrogens is 3. The van der Waals surface area contributed by atoms with Gasteiger partial charge in [0, 0.05) is 11.1 Å². The first-order chi connectivity index (χ1) is 17.8. The molecule has 188 valence electrons. The quantitative estimate of drug-likeness (QED) is 0.338. The number of benzene rings is 2. The van der Waals surface area contributed by atoms with Gasteiger partial charge < -0.3 is 9.84 Å². The minimum atomic E-state index is -1.15. The van der Waals surface area contributed by atoms with Gasteiger partial charge in [-0.1, -0.05) is 42.5 Å². The lowest BCUT2D eigenvalue weighted by Gasteiger charge is -2.15. The summed E-state index contributed by atoms with van der Waals surface area (Å²) in [6, 6.07) is 16.6. The van der Waals surface area contributed by atoms with Crippen LogP contribution in [-0.4, -0.2) is 31.9 Å². The molecular weight excluding hydrogens is 482 g/mol. The molecule has 37 heavy (non-hydrogen) atoms. The van der Waals surface area contributed by atoms with Gasteiger partial charge in [-0.2, -0.15) is 5.10 Å². The topological polar surface area (TPSA) is 106 Å². The van der Waals surface area contributed by atoms with Crippen molar-refractivity contribution in [1.29, 1.82) is 0 Å². The first-order valence-electron chi connectivity index (χ1n) is 11.5. The zero-order valence-corrected chi connectivity index (χ0v) is 19.7. The van der Waals surface area contributed by atoms with E-state index in [0.717, 1.165) is 16.4 Å². The van der Waals surface area contributed by atoms with E-state index in [1.165, 1.54) is 18.3 Å². The highest BCUT2D eigenvalue weighted by Gasteiger charge is 2.53. The first-order valence-corrected chi connectivity index (χ1v) is 11.5. The number of carboxylic acids is 1. The van der Waals surface area contributed by atoms with Gasteiger partial charge in [0.05, 0.1) is 29.2 Å². The number of halogens is 2. The molecule has 8 nitrogen and oxygen atoms in total. The molecule has 2 heterocycles. The van der Waals surface area contributed by atoms with Crippen molar-refractivity contribution in [2.24, 2.45) is 0 Å². The second kappa shape index (κ2) is 9.45. The van der Waals surface area contributed by atoms with E-state index in [-0.39, 0.29) is 11.4 Å². The molecule has 5 rings (SSSR count). The molecule has 0 aliphatic heterocycles. The Morgan fingerprint density at radius 3 is 2.43 bits per heavy atom. The molecule has 4 aromatic rings. The van der Waals surface area contributed by atoms with E-state index in [0.29, 0.717) is 29.8 Å². The largest absolute Gasteiger partial charge is 0.481 e. The van der Waals surface area contributed by atoms with Gasteiger partial charge in [0.1, 0.15) is 11.9 Å². The zero-order valence-electron chi connectivity index (χ0n) is 19.7. The van der Waals surface area contributed by atoms with Crippen LogP contribution in [0.1, 0.15) is 37.0 Å². The lowest BCUT2D eigenvalue weighted by molar-refractivity contribution is -0.140. The summed E-state index contributed by atoms with van der Waals surface area (Å²) >= 11 is 0. The number of carboxylic acid groups (broad SMARTS) is 1. The van der Waals surface area contributed by atoms with E-state index in [2.05, 4.69) is 15.4 Å². The zero-order chi connectivity index (χ0) is 26.2. The summed E-state index contributed by atoms with van der Waals surface area (Å²) in [4.78, 5) is 28.3. The third-order valence-corrected chi connectivity index (χ3v) is 6.43. The van der Waals surface area contributed by atoms with Crippen molar-refractivity contribution >= 4 is 17.9 Å². The van der Waals surface area contributed by atoms with E-state index >= 15 is 0 Å². The lowest BCUT2D eigenvalue weighted by atomic mass is 9.94. The van der Waals surface area contributed by atoms with Crippen LogP contribution in [0.25, 0.3) is 16.9 Å². The highest BCUT2D eigenvalue weighted by Crippen LogP contribution is 2.49. The van der Waals surface area contributed by atoms with Crippen molar-refractivity contribution in [2.75, 3.05) is 5.32 Å². The van der Waals surface area contributed by atoms with Crippen LogP contribution in [0, 0.1) is 11.6 Å². The lowest BCUT2D eigenvalue weighted by Crippen LogP contribution is -2.20. The van der Waals surface area contributed by atoms with Crippen molar-refractivity contribution in [3.63, 3.8) is 0 Å². The predicted octanol–water partition coefficient (Wildman–Crippen LogP) is 5.64. The standard InChI is InChI=1S/C27H22F2N4O4/c1-16(17-5-3-2-4-6-17)37-26(36)32-24-22(29)15-31-33(24)19-8-10-23(30-14-19)18-7-9-20(21(28)13-18)27(11-12-27)25(34)35/h2-10,13-16H,11-12H2,1H3,(H,32,36)(H,34,35). The SMILES string of the molecule is CC(OC(=O)Nc1c(F)cnn1-c1ccc(-c2ccc(C3(C(=O)O)CC3)c(F)c2)nc1)c1ccccc1. The molecule has 1 aliphatic carbocycles.